The van der Waals surface area contributed by atoms with E-state index in [9.17, 15) is 4.91 Å². The standard InChI is InChI=1S/C15H29NO/c1-14(15-11-7-5-8-12-15)10-6-3-2-4-9-13-16-17/h14-15H,2-13H2,1H3. The summed E-state index contributed by atoms with van der Waals surface area (Å²) in [6.07, 6.45) is 14.9. The predicted molar refractivity (Wildman–Crippen MR) is 74.1 cm³/mol. The van der Waals surface area contributed by atoms with Gasteiger partial charge in [0.25, 0.3) is 0 Å². The minimum absolute atomic E-state index is 0.512. The average molecular weight is 239 g/mol. The molecule has 0 aliphatic heterocycles. The van der Waals surface area contributed by atoms with Gasteiger partial charge in [0, 0.05) is 0 Å². The van der Waals surface area contributed by atoms with E-state index in [1.54, 1.807) is 0 Å². The van der Waals surface area contributed by atoms with E-state index in [1.807, 2.05) is 0 Å². The number of rotatable bonds is 9. The van der Waals surface area contributed by atoms with E-state index in [0.29, 0.717) is 6.54 Å². The fourth-order valence-electron chi connectivity index (χ4n) is 3.11. The molecule has 1 atom stereocenters. The molecule has 0 spiro atoms. The molecule has 0 radical (unpaired) electrons. The fraction of sp³-hybridized carbons (Fsp3) is 1.00. The molecule has 1 aliphatic rings. The second-order valence-corrected chi connectivity index (χ2v) is 5.78. The highest BCUT2D eigenvalue weighted by atomic mass is 16.3. The van der Waals surface area contributed by atoms with Crippen LogP contribution in [0.1, 0.15) is 77.6 Å². The highest BCUT2D eigenvalue weighted by Gasteiger charge is 2.19. The molecule has 2 nitrogen and oxygen atoms in total. The Bertz CT molecular complexity index is 187. The monoisotopic (exact) mass is 239 g/mol. The van der Waals surface area contributed by atoms with Gasteiger partial charge in [-0.15, -0.1) is 0 Å². The first kappa shape index (κ1) is 14.7. The summed E-state index contributed by atoms with van der Waals surface area (Å²) < 4.78 is 0. The Morgan fingerprint density at radius 3 is 2.35 bits per heavy atom. The van der Waals surface area contributed by atoms with Crippen molar-refractivity contribution in [3.63, 3.8) is 0 Å². The van der Waals surface area contributed by atoms with E-state index in [2.05, 4.69) is 12.1 Å². The third-order valence-corrected chi connectivity index (χ3v) is 4.36. The molecule has 0 amide bonds. The average Bonchev–Trinajstić information content (AvgIpc) is 2.38. The molecule has 17 heavy (non-hydrogen) atoms. The first-order valence-corrected chi connectivity index (χ1v) is 7.63. The molecule has 0 heterocycles. The second kappa shape index (κ2) is 9.61. The highest BCUT2D eigenvalue weighted by Crippen LogP contribution is 2.32. The fourth-order valence-corrected chi connectivity index (χ4v) is 3.11. The number of nitrogens with zero attached hydrogens (tertiary/aromatic N) is 1. The van der Waals surface area contributed by atoms with Crippen LogP contribution in [0.5, 0.6) is 0 Å². The zero-order valence-corrected chi connectivity index (χ0v) is 11.5. The first-order chi connectivity index (χ1) is 8.34. The second-order valence-electron chi connectivity index (χ2n) is 5.78. The van der Waals surface area contributed by atoms with Crippen molar-refractivity contribution in [3.8, 4) is 0 Å². The Labute approximate surface area is 107 Å². The quantitative estimate of drug-likeness (QED) is 0.396. The van der Waals surface area contributed by atoms with Crippen LogP contribution in [-0.4, -0.2) is 6.54 Å². The third-order valence-electron chi connectivity index (χ3n) is 4.36. The van der Waals surface area contributed by atoms with Gasteiger partial charge in [0.1, 0.15) is 0 Å². The van der Waals surface area contributed by atoms with Crippen LogP contribution in [0.4, 0.5) is 0 Å². The summed E-state index contributed by atoms with van der Waals surface area (Å²) >= 11 is 0. The van der Waals surface area contributed by atoms with Gasteiger partial charge in [0.15, 0.2) is 0 Å². The smallest absolute Gasteiger partial charge is 0.0811 e. The number of nitroso groups, excluding NO2 is 1. The Hall–Kier alpha value is -0.400. The Morgan fingerprint density at radius 1 is 1.00 bits per heavy atom. The van der Waals surface area contributed by atoms with Gasteiger partial charge in [-0.05, 0) is 18.3 Å². The molecule has 0 bridgehead atoms. The van der Waals surface area contributed by atoms with E-state index < -0.39 is 0 Å². The molecule has 1 aliphatic carbocycles. The molecular weight excluding hydrogens is 210 g/mol. The zero-order chi connectivity index (χ0) is 12.3. The number of unbranched alkanes of at least 4 members (excludes halogenated alkanes) is 4. The predicted octanol–water partition coefficient (Wildman–Crippen LogP) is 5.31. The number of hydrogen-bond donors (Lipinski definition) is 0. The van der Waals surface area contributed by atoms with Gasteiger partial charge >= 0.3 is 0 Å². The first-order valence-electron chi connectivity index (χ1n) is 7.63. The molecule has 2 heteroatoms. The molecule has 0 N–H and O–H groups in total. The maximum atomic E-state index is 9.91. The lowest BCUT2D eigenvalue weighted by Crippen LogP contribution is -2.15. The van der Waals surface area contributed by atoms with Crippen LogP contribution in [0.2, 0.25) is 0 Å². The Morgan fingerprint density at radius 2 is 1.65 bits per heavy atom. The van der Waals surface area contributed by atoms with Crippen LogP contribution in [-0.2, 0) is 0 Å². The van der Waals surface area contributed by atoms with Crippen molar-refractivity contribution >= 4 is 0 Å². The highest BCUT2D eigenvalue weighted by molar-refractivity contribution is 4.71. The van der Waals surface area contributed by atoms with Crippen molar-refractivity contribution < 1.29 is 0 Å². The summed E-state index contributed by atoms with van der Waals surface area (Å²) in [6, 6.07) is 0. The van der Waals surface area contributed by atoms with Crippen molar-refractivity contribution in [1.29, 1.82) is 0 Å². The van der Waals surface area contributed by atoms with Crippen LogP contribution < -0.4 is 0 Å². The van der Waals surface area contributed by atoms with Crippen LogP contribution in [0.25, 0.3) is 0 Å². The molecule has 0 aromatic carbocycles. The molecule has 1 fully saturated rings. The van der Waals surface area contributed by atoms with Crippen LogP contribution in [0.3, 0.4) is 0 Å². The SMILES string of the molecule is CC(CCCCCCCN=O)C1CCCCC1. The van der Waals surface area contributed by atoms with E-state index >= 15 is 0 Å². The topological polar surface area (TPSA) is 29.4 Å². The minimum atomic E-state index is 0.512. The molecule has 1 saturated carbocycles. The summed E-state index contributed by atoms with van der Waals surface area (Å²) in [4.78, 5) is 9.91. The van der Waals surface area contributed by atoms with Gasteiger partial charge in [-0.2, -0.15) is 4.91 Å². The lowest BCUT2D eigenvalue weighted by atomic mass is 9.79. The molecular formula is C15H29NO. The number of hydrogen-bond acceptors (Lipinski definition) is 2. The lowest BCUT2D eigenvalue weighted by molar-refractivity contribution is 0.247. The normalized spacial score (nSPS) is 19.1. The minimum Gasteiger partial charge on any atom is -0.151 e. The summed E-state index contributed by atoms with van der Waals surface area (Å²) in [6.45, 7) is 2.96. The molecule has 0 aromatic heterocycles. The molecule has 1 unspecified atom stereocenters. The van der Waals surface area contributed by atoms with Crippen molar-refractivity contribution in [1.82, 2.24) is 0 Å². The Balaban J connectivity index is 1.92. The summed E-state index contributed by atoms with van der Waals surface area (Å²) in [7, 11) is 0. The van der Waals surface area contributed by atoms with Gasteiger partial charge < -0.3 is 0 Å². The zero-order valence-electron chi connectivity index (χ0n) is 11.5. The van der Waals surface area contributed by atoms with Crippen LogP contribution in [0.15, 0.2) is 5.18 Å². The largest absolute Gasteiger partial charge is 0.151 e. The van der Waals surface area contributed by atoms with Crippen LogP contribution in [0, 0.1) is 16.7 Å². The molecule has 100 valence electrons. The van der Waals surface area contributed by atoms with Crippen molar-refractivity contribution in [2.24, 2.45) is 17.0 Å². The Kier molecular flexibility index (Phi) is 8.29. The third kappa shape index (κ3) is 6.80. The maximum absolute atomic E-state index is 9.91. The van der Waals surface area contributed by atoms with Gasteiger partial charge in [0.05, 0.1) is 6.54 Å². The van der Waals surface area contributed by atoms with Gasteiger partial charge in [0.2, 0.25) is 0 Å². The lowest BCUT2D eigenvalue weighted by Gasteiger charge is -2.27. The van der Waals surface area contributed by atoms with Gasteiger partial charge in [-0.1, -0.05) is 76.3 Å². The maximum Gasteiger partial charge on any atom is 0.0811 e. The molecule has 0 saturated heterocycles. The summed E-state index contributed by atoms with van der Waals surface area (Å²) in [5, 5.41) is 2.89. The van der Waals surface area contributed by atoms with Crippen molar-refractivity contribution in [2.45, 2.75) is 77.6 Å². The van der Waals surface area contributed by atoms with E-state index in [1.165, 1.54) is 64.2 Å². The van der Waals surface area contributed by atoms with E-state index in [0.717, 1.165) is 18.3 Å². The molecule has 1 rings (SSSR count). The van der Waals surface area contributed by atoms with Crippen molar-refractivity contribution in [3.05, 3.63) is 4.91 Å². The van der Waals surface area contributed by atoms with E-state index in [4.69, 9.17) is 0 Å². The van der Waals surface area contributed by atoms with E-state index in [-0.39, 0.29) is 0 Å². The summed E-state index contributed by atoms with van der Waals surface area (Å²) in [5.74, 6) is 1.95. The van der Waals surface area contributed by atoms with Gasteiger partial charge in [-0.3, -0.25) is 0 Å². The van der Waals surface area contributed by atoms with Crippen LogP contribution >= 0.6 is 0 Å². The molecule has 0 aromatic rings. The summed E-state index contributed by atoms with van der Waals surface area (Å²) in [5.41, 5.74) is 0. The van der Waals surface area contributed by atoms with Crippen molar-refractivity contribution in [2.75, 3.05) is 6.54 Å². The van der Waals surface area contributed by atoms with Gasteiger partial charge in [-0.25, -0.2) is 0 Å².